The van der Waals surface area contributed by atoms with Gasteiger partial charge in [0, 0.05) is 11.6 Å². The normalized spacial score (nSPS) is 10.5. The highest BCUT2D eigenvalue weighted by molar-refractivity contribution is 9.10. The van der Waals surface area contributed by atoms with Crippen LogP contribution in [0.5, 0.6) is 0 Å². The monoisotopic (exact) mass is 343 g/mol. The molecule has 0 bridgehead atoms. The zero-order chi connectivity index (χ0) is 14.9. The van der Waals surface area contributed by atoms with E-state index < -0.39 is 11.6 Å². The summed E-state index contributed by atoms with van der Waals surface area (Å²) in [6, 6.07) is 2.09. The maximum atomic E-state index is 13.7. The summed E-state index contributed by atoms with van der Waals surface area (Å²) in [5.41, 5.74) is 3.17. The van der Waals surface area contributed by atoms with Crippen LogP contribution in [0.4, 0.5) is 26.1 Å². The Hall–Kier alpha value is -1.80. The largest absolute Gasteiger partial charge is 0.337 e. The van der Waals surface area contributed by atoms with Gasteiger partial charge in [0.15, 0.2) is 0 Å². The first-order chi connectivity index (χ1) is 9.42. The smallest absolute Gasteiger partial charge is 0.149 e. The minimum atomic E-state index is -0.719. The Morgan fingerprint density at radius 2 is 1.75 bits per heavy atom. The van der Waals surface area contributed by atoms with Crippen molar-refractivity contribution in [2.24, 2.45) is 5.84 Å². The molecule has 0 unspecified atom stereocenters. The number of hydrogen-bond donors (Lipinski definition) is 3. The second-order valence-corrected chi connectivity index (χ2v) is 4.96. The van der Waals surface area contributed by atoms with Gasteiger partial charge in [-0.15, -0.1) is 0 Å². The molecule has 0 fully saturated rings. The fraction of sp³-hybridized carbons (Fsp3) is 0.167. The SMILES string of the molecule is Cc1nc(NN)c(C)c(Nc2cc(Br)c(F)cc2F)n1. The molecule has 2 rings (SSSR count). The molecular weight excluding hydrogens is 332 g/mol. The molecule has 0 aliphatic carbocycles. The third-order valence-electron chi connectivity index (χ3n) is 2.66. The summed E-state index contributed by atoms with van der Waals surface area (Å²) in [7, 11) is 0. The van der Waals surface area contributed by atoms with E-state index in [0.29, 0.717) is 23.0 Å². The Morgan fingerprint density at radius 3 is 2.40 bits per heavy atom. The number of anilines is 3. The van der Waals surface area contributed by atoms with Crippen molar-refractivity contribution in [3.63, 3.8) is 0 Å². The summed E-state index contributed by atoms with van der Waals surface area (Å²) in [6.07, 6.45) is 0. The van der Waals surface area contributed by atoms with Crippen LogP contribution < -0.4 is 16.6 Å². The maximum Gasteiger partial charge on any atom is 0.149 e. The van der Waals surface area contributed by atoms with Crippen molar-refractivity contribution >= 4 is 33.3 Å². The van der Waals surface area contributed by atoms with Gasteiger partial charge in [0.1, 0.15) is 29.1 Å². The quantitative estimate of drug-likeness (QED) is 0.453. The number of rotatable bonds is 3. The molecule has 5 nitrogen and oxygen atoms in total. The highest BCUT2D eigenvalue weighted by Crippen LogP contribution is 2.28. The van der Waals surface area contributed by atoms with E-state index in [1.807, 2.05) is 0 Å². The molecule has 1 heterocycles. The molecule has 20 heavy (non-hydrogen) atoms. The number of halogens is 3. The minimum absolute atomic E-state index is 0.0995. The first-order valence-electron chi connectivity index (χ1n) is 5.65. The molecule has 0 spiro atoms. The second-order valence-electron chi connectivity index (χ2n) is 4.11. The Kier molecular flexibility index (Phi) is 4.15. The van der Waals surface area contributed by atoms with E-state index in [2.05, 4.69) is 36.6 Å². The van der Waals surface area contributed by atoms with E-state index >= 15 is 0 Å². The fourth-order valence-corrected chi connectivity index (χ4v) is 1.98. The summed E-state index contributed by atoms with van der Waals surface area (Å²) in [5, 5.41) is 2.81. The van der Waals surface area contributed by atoms with Crippen LogP contribution in [0.15, 0.2) is 16.6 Å². The number of hydrogen-bond acceptors (Lipinski definition) is 5. The van der Waals surface area contributed by atoms with E-state index in [9.17, 15) is 8.78 Å². The summed E-state index contributed by atoms with van der Waals surface area (Å²) in [6.45, 7) is 3.41. The summed E-state index contributed by atoms with van der Waals surface area (Å²) < 4.78 is 27.1. The van der Waals surface area contributed by atoms with Crippen molar-refractivity contribution in [2.75, 3.05) is 10.7 Å². The van der Waals surface area contributed by atoms with E-state index in [4.69, 9.17) is 5.84 Å². The van der Waals surface area contributed by atoms with Crippen molar-refractivity contribution in [3.05, 3.63) is 39.6 Å². The standard InChI is InChI=1S/C12H12BrF2N5/c1-5-11(17-6(2)18-12(5)20-16)19-10-3-7(13)8(14)4-9(10)15/h3-4H,16H2,1-2H3,(H2,17,18,19,20). The second kappa shape index (κ2) is 5.68. The molecule has 0 aliphatic heterocycles. The predicted molar refractivity (Wildman–Crippen MR) is 76.7 cm³/mol. The van der Waals surface area contributed by atoms with E-state index in [0.717, 1.165) is 6.07 Å². The van der Waals surface area contributed by atoms with Crippen LogP contribution in [0.1, 0.15) is 11.4 Å². The molecule has 0 radical (unpaired) electrons. The average molecular weight is 344 g/mol. The van der Waals surface area contributed by atoms with Crippen LogP contribution in [0.25, 0.3) is 0 Å². The van der Waals surface area contributed by atoms with Crippen LogP contribution in [0.2, 0.25) is 0 Å². The predicted octanol–water partition coefficient (Wildman–Crippen LogP) is 3.16. The fourth-order valence-electron chi connectivity index (χ4n) is 1.64. The molecule has 2 aromatic rings. The van der Waals surface area contributed by atoms with Gasteiger partial charge in [-0.2, -0.15) is 0 Å². The number of aromatic nitrogens is 2. The number of hydrazine groups is 1. The first kappa shape index (κ1) is 14.6. The van der Waals surface area contributed by atoms with Crippen LogP contribution in [-0.4, -0.2) is 9.97 Å². The van der Waals surface area contributed by atoms with Crippen LogP contribution in [0.3, 0.4) is 0 Å². The Labute approximate surface area is 122 Å². The topological polar surface area (TPSA) is 75.9 Å². The average Bonchev–Trinajstić information content (AvgIpc) is 2.39. The molecular formula is C12H12BrF2N5. The minimum Gasteiger partial charge on any atom is -0.337 e. The van der Waals surface area contributed by atoms with Crippen molar-refractivity contribution in [1.82, 2.24) is 9.97 Å². The molecule has 1 aromatic heterocycles. The van der Waals surface area contributed by atoms with Crippen LogP contribution in [0, 0.1) is 25.5 Å². The molecule has 8 heteroatoms. The molecule has 0 atom stereocenters. The summed E-state index contributed by atoms with van der Waals surface area (Å²) in [5.74, 6) is 5.25. The van der Waals surface area contributed by atoms with Gasteiger partial charge in [-0.3, -0.25) is 0 Å². The zero-order valence-corrected chi connectivity index (χ0v) is 12.3. The molecule has 0 amide bonds. The Balaban J connectivity index is 2.45. The third kappa shape index (κ3) is 2.86. The van der Waals surface area contributed by atoms with Gasteiger partial charge in [-0.25, -0.2) is 24.6 Å². The summed E-state index contributed by atoms with van der Waals surface area (Å²) in [4.78, 5) is 8.27. The number of benzene rings is 1. The van der Waals surface area contributed by atoms with Crippen molar-refractivity contribution in [2.45, 2.75) is 13.8 Å². The van der Waals surface area contributed by atoms with Gasteiger partial charge in [0.05, 0.1) is 10.2 Å². The highest BCUT2D eigenvalue weighted by atomic mass is 79.9. The van der Waals surface area contributed by atoms with E-state index in [-0.39, 0.29) is 10.2 Å². The number of nitrogens with zero attached hydrogens (tertiary/aromatic N) is 2. The van der Waals surface area contributed by atoms with Gasteiger partial charge in [-0.05, 0) is 35.8 Å². The van der Waals surface area contributed by atoms with E-state index in [1.165, 1.54) is 6.07 Å². The van der Waals surface area contributed by atoms with Crippen molar-refractivity contribution in [1.29, 1.82) is 0 Å². The molecule has 4 N–H and O–H groups in total. The Bertz CT molecular complexity index is 663. The van der Waals surface area contributed by atoms with Gasteiger partial charge >= 0.3 is 0 Å². The van der Waals surface area contributed by atoms with Crippen molar-refractivity contribution in [3.8, 4) is 0 Å². The summed E-state index contributed by atoms with van der Waals surface area (Å²) >= 11 is 3.01. The molecule has 106 valence electrons. The lowest BCUT2D eigenvalue weighted by Gasteiger charge is -2.13. The third-order valence-corrected chi connectivity index (χ3v) is 3.27. The first-order valence-corrected chi connectivity index (χ1v) is 6.45. The highest BCUT2D eigenvalue weighted by Gasteiger charge is 2.13. The lowest BCUT2D eigenvalue weighted by molar-refractivity contribution is 0.581. The van der Waals surface area contributed by atoms with Gasteiger partial charge < -0.3 is 10.7 Å². The lowest BCUT2D eigenvalue weighted by Crippen LogP contribution is -2.13. The van der Waals surface area contributed by atoms with Gasteiger partial charge in [-0.1, -0.05) is 0 Å². The molecule has 0 aliphatic rings. The molecule has 0 saturated heterocycles. The maximum absolute atomic E-state index is 13.7. The Morgan fingerprint density at radius 1 is 1.10 bits per heavy atom. The number of nitrogens with two attached hydrogens (primary N) is 1. The van der Waals surface area contributed by atoms with Gasteiger partial charge in [0.25, 0.3) is 0 Å². The number of aryl methyl sites for hydroxylation is 1. The van der Waals surface area contributed by atoms with E-state index in [1.54, 1.807) is 13.8 Å². The number of nitrogen functional groups attached to an aromatic ring is 1. The zero-order valence-electron chi connectivity index (χ0n) is 10.8. The molecule has 1 aromatic carbocycles. The van der Waals surface area contributed by atoms with Crippen LogP contribution in [-0.2, 0) is 0 Å². The number of nitrogens with one attached hydrogen (secondary N) is 2. The van der Waals surface area contributed by atoms with Crippen LogP contribution >= 0.6 is 15.9 Å². The molecule has 0 saturated carbocycles. The van der Waals surface area contributed by atoms with Crippen molar-refractivity contribution < 1.29 is 8.78 Å². The van der Waals surface area contributed by atoms with Gasteiger partial charge in [0.2, 0.25) is 0 Å². The lowest BCUT2D eigenvalue weighted by atomic mass is 10.2.